The van der Waals surface area contributed by atoms with Crippen molar-refractivity contribution in [1.29, 1.82) is 0 Å². The summed E-state index contributed by atoms with van der Waals surface area (Å²) in [6.07, 6.45) is 0. The molecule has 3 aromatic heterocycles. The Hall–Kier alpha value is -2.70. The summed E-state index contributed by atoms with van der Waals surface area (Å²) >= 11 is 1.73. The van der Waals surface area contributed by atoms with Crippen molar-refractivity contribution in [2.45, 2.75) is 26.4 Å². The highest BCUT2D eigenvalue weighted by atomic mass is 32.1. The zero-order valence-corrected chi connectivity index (χ0v) is 15.4. The van der Waals surface area contributed by atoms with Gasteiger partial charge in [-0.15, -0.1) is 21.5 Å². The molecule has 4 aromatic rings. The van der Waals surface area contributed by atoms with Crippen LogP contribution in [0.5, 0.6) is 0 Å². The molecule has 0 spiro atoms. The summed E-state index contributed by atoms with van der Waals surface area (Å²) in [5, 5.41) is 13.9. The number of furan rings is 1. The molecule has 0 saturated heterocycles. The second kappa shape index (κ2) is 7.27. The van der Waals surface area contributed by atoms with Crippen molar-refractivity contribution in [3.63, 3.8) is 0 Å². The number of benzene rings is 1. The molecule has 4 rings (SSSR count). The molecular formula is C20H19N3O2S. The largest absolute Gasteiger partial charge is 0.466 e. The van der Waals surface area contributed by atoms with Crippen molar-refractivity contribution < 1.29 is 8.83 Å². The lowest BCUT2D eigenvalue weighted by Crippen LogP contribution is -2.21. The van der Waals surface area contributed by atoms with Gasteiger partial charge in [-0.05, 0) is 36.9 Å². The Morgan fingerprint density at radius 2 is 1.88 bits per heavy atom. The third kappa shape index (κ3) is 3.47. The summed E-state index contributed by atoms with van der Waals surface area (Å²) in [6.45, 7) is 4.29. The van der Waals surface area contributed by atoms with E-state index in [0.29, 0.717) is 18.3 Å². The molecule has 0 aliphatic rings. The SMILES string of the molecule is Cc1cc(-c2nnc(CN[C@H](c3ccccc3)c3cccs3)o2)c(C)o1. The van der Waals surface area contributed by atoms with Gasteiger partial charge in [-0.2, -0.15) is 0 Å². The number of aryl methyl sites for hydroxylation is 2. The van der Waals surface area contributed by atoms with E-state index in [-0.39, 0.29) is 6.04 Å². The highest BCUT2D eigenvalue weighted by Gasteiger charge is 2.18. The van der Waals surface area contributed by atoms with Crippen molar-refractivity contribution in [3.8, 4) is 11.5 Å². The maximum Gasteiger partial charge on any atom is 0.251 e. The van der Waals surface area contributed by atoms with Gasteiger partial charge in [0.05, 0.1) is 18.2 Å². The van der Waals surface area contributed by atoms with Crippen molar-refractivity contribution >= 4 is 11.3 Å². The Bertz CT molecular complexity index is 974. The van der Waals surface area contributed by atoms with E-state index < -0.39 is 0 Å². The first kappa shape index (κ1) is 16.8. The zero-order valence-electron chi connectivity index (χ0n) is 14.6. The first-order valence-corrected chi connectivity index (χ1v) is 9.30. The van der Waals surface area contributed by atoms with Crippen molar-refractivity contribution in [1.82, 2.24) is 15.5 Å². The molecule has 1 atom stereocenters. The van der Waals surface area contributed by atoms with E-state index in [1.165, 1.54) is 10.4 Å². The molecule has 0 unspecified atom stereocenters. The van der Waals surface area contributed by atoms with E-state index in [4.69, 9.17) is 8.83 Å². The number of nitrogens with one attached hydrogen (secondary N) is 1. The summed E-state index contributed by atoms with van der Waals surface area (Å²) in [6, 6.07) is 16.6. The number of nitrogens with zero attached hydrogens (tertiary/aromatic N) is 2. The summed E-state index contributed by atoms with van der Waals surface area (Å²) in [5.74, 6) is 2.66. The standard InChI is InChI=1S/C20H19N3O2S/c1-13-11-16(14(2)24-13)20-23-22-18(25-20)12-21-19(17-9-6-10-26-17)15-7-4-3-5-8-15/h3-11,19,21H,12H2,1-2H3/t19-/m1/s1. The highest BCUT2D eigenvalue weighted by Crippen LogP contribution is 2.28. The molecule has 0 aliphatic heterocycles. The van der Waals surface area contributed by atoms with Crippen LogP contribution in [0.2, 0.25) is 0 Å². The summed E-state index contributed by atoms with van der Waals surface area (Å²) in [7, 11) is 0. The number of hydrogen-bond donors (Lipinski definition) is 1. The zero-order chi connectivity index (χ0) is 17.9. The number of hydrogen-bond acceptors (Lipinski definition) is 6. The van der Waals surface area contributed by atoms with Gasteiger partial charge in [0, 0.05) is 4.88 Å². The molecule has 6 heteroatoms. The molecule has 5 nitrogen and oxygen atoms in total. The number of thiophene rings is 1. The quantitative estimate of drug-likeness (QED) is 0.527. The molecule has 0 radical (unpaired) electrons. The van der Waals surface area contributed by atoms with E-state index >= 15 is 0 Å². The van der Waals surface area contributed by atoms with E-state index in [1.807, 2.05) is 38.1 Å². The minimum atomic E-state index is 0.0875. The van der Waals surface area contributed by atoms with Crippen LogP contribution in [-0.4, -0.2) is 10.2 Å². The van der Waals surface area contributed by atoms with Gasteiger partial charge >= 0.3 is 0 Å². The summed E-state index contributed by atoms with van der Waals surface area (Å²) in [4.78, 5) is 1.25. The van der Waals surface area contributed by atoms with Gasteiger partial charge in [0.1, 0.15) is 11.5 Å². The smallest absolute Gasteiger partial charge is 0.251 e. The van der Waals surface area contributed by atoms with Crippen LogP contribution in [0.25, 0.3) is 11.5 Å². The van der Waals surface area contributed by atoms with Gasteiger partial charge in [0.25, 0.3) is 5.89 Å². The van der Waals surface area contributed by atoms with E-state index in [0.717, 1.165) is 17.1 Å². The maximum atomic E-state index is 5.83. The van der Waals surface area contributed by atoms with Crippen molar-refractivity contribution in [2.24, 2.45) is 0 Å². The molecule has 0 saturated carbocycles. The van der Waals surface area contributed by atoms with Crippen LogP contribution >= 0.6 is 11.3 Å². The average molecular weight is 365 g/mol. The minimum Gasteiger partial charge on any atom is -0.466 e. The highest BCUT2D eigenvalue weighted by molar-refractivity contribution is 7.10. The van der Waals surface area contributed by atoms with Crippen LogP contribution in [0.3, 0.4) is 0 Å². The lowest BCUT2D eigenvalue weighted by atomic mass is 10.1. The van der Waals surface area contributed by atoms with Gasteiger partial charge in [0.15, 0.2) is 0 Å². The van der Waals surface area contributed by atoms with Crippen molar-refractivity contribution in [3.05, 3.63) is 81.8 Å². The molecule has 0 fully saturated rings. The normalized spacial score (nSPS) is 12.4. The fraction of sp³-hybridized carbons (Fsp3) is 0.200. The molecule has 0 aliphatic carbocycles. The molecule has 26 heavy (non-hydrogen) atoms. The second-order valence-electron chi connectivity index (χ2n) is 6.07. The molecule has 1 aromatic carbocycles. The van der Waals surface area contributed by atoms with Gasteiger partial charge in [-0.3, -0.25) is 5.32 Å². The van der Waals surface area contributed by atoms with Crippen LogP contribution < -0.4 is 5.32 Å². The van der Waals surface area contributed by atoms with Crippen LogP contribution in [0.1, 0.15) is 33.9 Å². The van der Waals surface area contributed by atoms with Crippen LogP contribution in [0, 0.1) is 13.8 Å². The third-order valence-electron chi connectivity index (χ3n) is 4.16. The first-order valence-electron chi connectivity index (χ1n) is 8.42. The minimum absolute atomic E-state index is 0.0875. The van der Waals surface area contributed by atoms with Crippen LogP contribution in [-0.2, 0) is 6.54 Å². The Balaban J connectivity index is 1.53. The number of rotatable bonds is 6. The van der Waals surface area contributed by atoms with Crippen molar-refractivity contribution in [2.75, 3.05) is 0 Å². The summed E-state index contributed by atoms with van der Waals surface area (Å²) < 4.78 is 11.4. The maximum absolute atomic E-state index is 5.83. The monoisotopic (exact) mass is 365 g/mol. The van der Waals surface area contributed by atoms with Crippen LogP contribution in [0.15, 0.2) is 62.7 Å². The Morgan fingerprint density at radius 3 is 2.58 bits per heavy atom. The molecule has 0 amide bonds. The Morgan fingerprint density at radius 1 is 1.04 bits per heavy atom. The average Bonchev–Trinajstić information content (AvgIpc) is 3.38. The lowest BCUT2D eigenvalue weighted by molar-refractivity contribution is 0.461. The molecule has 3 heterocycles. The van der Waals surface area contributed by atoms with E-state index in [9.17, 15) is 0 Å². The number of aromatic nitrogens is 2. The predicted molar refractivity (Wildman–Crippen MR) is 101 cm³/mol. The van der Waals surface area contributed by atoms with Crippen LogP contribution in [0.4, 0.5) is 0 Å². The van der Waals surface area contributed by atoms with Gasteiger partial charge < -0.3 is 8.83 Å². The second-order valence-corrected chi connectivity index (χ2v) is 7.05. The van der Waals surface area contributed by atoms with Gasteiger partial charge in [-0.25, -0.2) is 0 Å². The van der Waals surface area contributed by atoms with E-state index in [1.54, 1.807) is 11.3 Å². The van der Waals surface area contributed by atoms with Gasteiger partial charge in [-0.1, -0.05) is 36.4 Å². The topological polar surface area (TPSA) is 64.1 Å². The molecule has 1 N–H and O–H groups in total. The predicted octanol–water partition coefficient (Wildman–Crippen LogP) is 4.89. The van der Waals surface area contributed by atoms with Gasteiger partial charge in [0.2, 0.25) is 5.89 Å². The molecular weight excluding hydrogens is 346 g/mol. The Kier molecular flexibility index (Phi) is 4.69. The lowest BCUT2D eigenvalue weighted by Gasteiger charge is -2.16. The first-order chi connectivity index (χ1) is 12.7. The fourth-order valence-electron chi connectivity index (χ4n) is 2.95. The summed E-state index contributed by atoms with van der Waals surface area (Å²) in [5.41, 5.74) is 2.05. The molecule has 132 valence electrons. The Labute approximate surface area is 155 Å². The van der Waals surface area contributed by atoms with E-state index in [2.05, 4.69) is 45.2 Å². The fourth-order valence-corrected chi connectivity index (χ4v) is 3.78. The molecule has 0 bridgehead atoms. The third-order valence-corrected chi connectivity index (χ3v) is 5.09.